The van der Waals surface area contributed by atoms with Crippen LogP contribution in [-0.2, 0) is 4.79 Å². The summed E-state index contributed by atoms with van der Waals surface area (Å²) in [6.07, 6.45) is 4.99. The van der Waals surface area contributed by atoms with E-state index in [-0.39, 0.29) is 11.7 Å². The first-order valence-electron chi connectivity index (χ1n) is 9.32. The van der Waals surface area contributed by atoms with Crippen LogP contribution < -0.4 is 5.43 Å². The second-order valence-electron chi connectivity index (χ2n) is 6.35. The van der Waals surface area contributed by atoms with Gasteiger partial charge in [-0.1, -0.05) is 53.7 Å². The highest BCUT2D eigenvalue weighted by atomic mass is 35.5. The summed E-state index contributed by atoms with van der Waals surface area (Å²) >= 11 is 7.32. The third-order valence-corrected chi connectivity index (χ3v) is 5.37. The lowest BCUT2D eigenvalue weighted by Crippen LogP contribution is -2.20. The molecule has 9 heteroatoms. The molecule has 0 aliphatic heterocycles. The van der Waals surface area contributed by atoms with Crippen molar-refractivity contribution < 1.29 is 4.79 Å². The molecule has 0 spiro atoms. The van der Waals surface area contributed by atoms with E-state index in [9.17, 15) is 4.79 Å². The topological polar surface area (TPSA) is 85.1 Å². The molecule has 4 aromatic rings. The molecule has 0 saturated heterocycles. The minimum atomic E-state index is -0.242. The van der Waals surface area contributed by atoms with Crippen LogP contribution in [0.4, 0.5) is 0 Å². The van der Waals surface area contributed by atoms with Gasteiger partial charge in [0, 0.05) is 28.7 Å². The smallest absolute Gasteiger partial charge is 0.250 e. The minimum absolute atomic E-state index is 0.133. The molecule has 0 unspecified atom stereocenters. The van der Waals surface area contributed by atoms with Gasteiger partial charge >= 0.3 is 0 Å². The van der Waals surface area contributed by atoms with Gasteiger partial charge in [0.25, 0.3) is 5.91 Å². The van der Waals surface area contributed by atoms with E-state index in [0.717, 1.165) is 16.8 Å². The highest BCUT2D eigenvalue weighted by Crippen LogP contribution is 2.28. The Labute approximate surface area is 188 Å². The van der Waals surface area contributed by atoms with Crippen molar-refractivity contribution in [3.8, 4) is 17.1 Å². The van der Waals surface area contributed by atoms with Crippen LogP contribution in [0.5, 0.6) is 0 Å². The average Bonchev–Trinajstić information content (AvgIpc) is 3.23. The summed E-state index contributed by atoms with van der Waals surface area (Å²) in [4.78, 5) is 16.3. The molecule has 0 atom stereocenters. The van der Waals surface area contributed by atoms with Gasteiger partial charge in [0.2, 0.25) is 0 Å². The van der Waals surface area contributed by atoms with Gasteiger partial charge in [0.1, 0.15) is 0 Å². The summed E-state index contributed by atoms with van der Waals surface area (Å²) in [6.45, 7) is 0. The van der Waals surface area contributed by atoms with Crippen LogP contribution in [0, 0.1) is 0 Å². The number of hydrogen-bond acceptors (Lipinski definition) is 6. The highest BCUT2D eigenvalue weighted by Gasteiger charge is 2.17. The Bertz CT molecular complexity index is 1180. The predicted octanol–water partition coefficient (Wildman–Crippen LogP) is 4.23. The molecule has 0 aliphatic rings. The molecule has 0 bridgehead atoms. The van der Waals surface area contributed by atoms with E-state index in [1.807, 2.05) is 59.2 Å². The first kappa shape index (κ1) is 20.8. The Balaban J connectivity index is 1.51. The van der Waals surface area contributed by atoms with Crippen LogP contribution in [-0.4, -0.2) is 37.6 Å². The normalized spacial score (nSPS) is 11.0. The van der Waals surface area contributed by atoms with Crippen LogP contribution in [0.3, 0.4) is 0 Å². The van der Waals surface area contributed by atoms with E-state index in [2.05, 4.69) is 25.7 Å². The zero-order chi connectivity index (χ0) is 21.5. The van der Waals surface area contributed by atoms with Crippen molar-refractivity contribution in [1.82, 2.24) is 25.2 Å². The molecule has 1 amide bonds. The van der Waals surface area contributed by atoms with Crippen LogP contribution in [0.1, 0.15) is 5.56 Å². The van der Waals surface area contributed by atoms with Crippen molar-refractivity contribution in [3.05, 3.63) is 89.7 Å². The van der Waals surface area contributed by atoms with Crippen molar-refractivity contribution in [2.45, 2.75) is 5.16 Å². The van der Waals surface area contributed by atoms with E-state index in [1.165, 1.54) is 11.8 Å². The fraction of sp³-hybridized carbons (Fsp3) is 0.0455. The maximum absolute atomic E-state index is 12.2. The molecule has 0 radical (unpaired) electrons. The average molecular weight is 449 g/mol. The van der Waals surface area contributed by atoms with E-state index < -0.39 is 0 Å². The predicted molar refractivity (Wildman–Crippen MR) is 123 cm³/mol. The first-order valence-corrected chi connectivity index (χ1v) is 10.7. The van der Waals surface area contributed by atoms with Gasteiger partial charge in [-0.05, 0) is 42.0 Å². The molecular formula is C22H17ClN6OS. The lowest BCUT2D eigenvalue weighted by atomic mass is 10.2. The molecule has 2 aromatic heterocycles. The van der Waals surface area contributed by atoms with Gasteiger partial charge in [-0.2, -0.15) is 5.10 Å². The second kappa shape index (κ2) is 10.0. The summed E-state index contributed by atoms with van der Waals surface area (Å²) < 4.78 is 1.89. The highest BCUT2D eigenvalue weighted by molar-refractivity contribution is 7.99. The Morgan fingerprint density at radius 3 is 2.52 bits per heavy atom. The second-order valence-corrected chi connectivity index (χ2v) is 7.73. The van der Waals surface area contributed by atoms with Crippen LogP contribution in [0.2, 0.25) is 5.02 Å². The number of hydrogen-bond donors (Lipinski definition) is 1. The van der Waals surface area contributed by atoms with Crippen LogP contribution >= 0.6 is 23.4 Å². The first-order chi connectivity index (χ1) is 15.2. The van der Waals surface area contributed by atoms with Gasteiger partial charge in [0.15, 0.2) is 11.0 Å². The zero-order valence-electron chi connectivity index (χ0n) is 16.2. The Morgan fingerprint density at radius 2 is 1.77 bits per heavy atom. The third kappa shape index (κ3) is 5.36. The number of benzene rings is 2. The Morgan fingerprint density at radius 1 is 1.03 bits per heavy atom. The fourth-order valence-electron chi connectivity index (χ4n) is 2.75. The minimum Gasteiger partial charge on any atom is -0.272 e. The van der Waals surface area contributed by atoms with Gasteiger partial charge in [-0.15, -0.1) is 10.2 Å². The molecule has 0 aliphatic carbocycles. The SMILES string of the molecule is O=C(CSc1nnc(-c2ccncc2)n1-c1ccc(Cl)cc1)N/N=C/c1ccccc1. The van der Waals surface area contributed by atoms with Crippen molar-refractivity contribution in [3.63, 3.8) is 0 Å². The number of hydrazone groups is 1. The number of pyridine rings is 1. The number of halogens is 1. The van der Waals surface area contributed by atoms with E-state index in [0.29, 0.717) is 16.0 Å². The summed E-state index contributed by atoms with van der Waals surface area (Å²) in [5.74, 6) is 0.539. The van der Waals surface area contributed by atoms with Crippen molar-refractivity contribution in [1.29, 1.82) is 0 Å². The molecule has 31 heavy (non-hydrogen) atoms. The largest absolute Gasteiger partial charge is 0.272 e. The van der Waals surface area contributed by atoms with Crippen molar-refractivity contribution in [2.75, 3.05) is 5.75 Å². The molecule has 154 valence electrons. The lowest BCUT2D eigenvalue weighted by Gasteiger charge is -2.10. The summed E-state index contributed by atoms with van der Waals surface area (Å²) in [5, 5.41) is 13.8. The fourth-order valence-corrected chi connectivity index (χ4v) is 3.62. The number of carbonyl (C=O) groups is 1. The van der Waals surface area contributed by atoms with E-state index >= 15 is 0 Å². The van der Waals surface area contributed by atoms with Crippen LogP contribution in [0.15, 0.2) is 89.4 Å². The maximum Gasteiger partial charge on any atom is 0.250 e. The number of nitrogens with one attached hydrogen (secondary N) is 1. The Hall–Kier alpha value is -3.49. The molecule has 1 N–H and O–H groups in total. The van der Waals surface area contributed by atoms with Crippen LogP contribution in [0.25, 0.3) is 17.1 Å². The molecule has 4 rings (SSSR count). The number of aromatic nitrogens is 4. The monoisotopic (exact) mass is 448 g/mol. The summed E-state index contributed by atoms with van der Waals surface area (Å²) in [6, 6.07) is 20.6. The molecule has 2 aromatic carbocycles. The van der Waals surface area contributed by atoms with E-state index in [4.69, 9.17) is 11.6 Å². The maximum atomic E-state index is 12.2. The van der Waals surface area contributed by atoms with Gasteiger partial charge in [-0.25, -0.2) is 5.43 Å². The molecule has 2 heterocycles. The van der Waals surface area contributed by atoms with E-state index in [1.54, 1.807) is 30.7 Å². The number of thioether (sulfide) groups is 1. The van der Waals surface area contributed by atoms with Crippen molar-refractivity contribution >= 4 is 35.5 Å². The molecular weight excluding hydrogens is 432 g/mol. The third-order valence-electron chi connectivity index (χ3n) is 4.19. The Kier molecular flexibility index (Phi) is 6.71. The lowest BCUT2D eigenvalue weighted by molar-refractivity contribution is -0.118. The number of rotatable bonds is 7. The number of nitrogens with zero attached hydrogens (tertiary/aromatic N) is 5. The molecule has 0 fully saturated rings. The standard InChI is InChI=1S/C22H17ClN6OS/c23-18-6-8-19(9-7-18)29-21(17-10-12-24-13-11-17)27-28-22(29)31-15-20(30)26-25-14-16-4-2-1-3-5-16/h1-14H,15H2,(H,26,30)/b25-14+. The van der Waals surface area contributed by atoms with Crippen molar-refractivity contribution in [2.24, 2.45) is 5.10 Å². The van der Waals surface area contributed by atoms with Gasteiger partial charge < -0.3 is 0 Å². The molecule has 0 saturated carbocycles. The van der Waals surface area contributed by atoms with Gasteiger partial charge in [-0.3, -0.25) is 14.3 Å². The summed E-state index contributed by atoms with van der Waals surface area (Å²) in [7, 11) is 0. The quantitative estimate of drug-likeness (QED) is 0.260. The summed E-state index contributed by atoms with van der Waals surface area (Å²) in [5.41, 5.74) is 5.14. The molecule has 7 nitrogen and oxygen atoms in total. The number of amides is 1. The number of carbonyl (C=O) groups excluding carboxylic acids is 1. The zero-order valence-corrected chi connectivity index (χ0v) is 17.8. The van der Waals surface area contributed by atoms with Gasteiger partial charge in [0.05, 0.1) is 12.0 Å².